The van der Waals surface area contributed by atoms with Crippen molar-refractivity contribution >= 4 is 0 Å². The van der Waals surface area contributed by atoms with Gasteiger partial charge in [0, 0.05) is 17.4 Å². The molecule has 2 atom stereocenters. The highest BCUT2D eigenvalue weighted by Gasteiger charge is 2.49. The Morgan fingerprint density at radius 3 is 0.933 bits per heavy atom. The van der Waals surface area contributed by atoms with Gasteiger partial charge in [0.1, 0.15) is 0 Å². The zero-order valence-corrected chi connectivity index (χ0v) is 44.8. The van der Waals surface area contributed by atoms with E-state index in [0.717, 1.165) is 32.5 Å². The molecule has 9 aromatic rings. The Balaban J connectivity index is 0.745. The molecule has 0 radical (unpaired) electrons. The number of fused-ring (bicyclic) bond motifs is 3. The predicted molar refractivity (Wildman–Crippen MR) is 317 cm³/mol. The number of benzene rings is 9. The van der Waals surface area contributed by atoms with E-state index >= 15 is 0 Å². The second kappa shape index (κ2) is 20.6. The first kappa shape index (κ1) is 48.8. The summed E-state index contributed by atoms with van der Waals surface area (Å²) in [5, 5.41) is 0. The van der Waals surface area contributed by atoms with Crippen LogP contribution in [0, 0.1) is 18.8 Å². The highest BCUT2D eigenvalue weighted by molar-refractivity contribution is 5.74. The minimum Gasteiger partial charge on any atom is -0.306 e. The summed E-state index contributed by atoms with van der Waals surface area (Å²) >= 11 is 0. The van der Waals surface area contributed by atoms with Gasteiger partial charge in [0.25, 0.3) is 0 Å². The molecule has 2 heteroatoms. The summed E-state index contributed by atoms with van der Waals surface area (Å²) in [5.41, 5.74) is 23.6. The van der Waals surface area contributed by atoms with Gasteiger partial charge in [-0.15, -0.1) is 0 Å². The summed E-state index contributed by atoms with van der Waals surface area (Å²) in [7, 11) is 2.26. The molecule has 4 fully saturated rings. The maximum Gasteiger partial charge on any atom is 0.0358 e. The number of piperidine rings is 4. The van der Waals surface area contributed by atoms with Crippen LogP contribution in [0.3, 0.4) is 0 Å². The van der Waals surface area contributed by atoms with Crippen molar-refractivity contribution in [1.82, 2.24) is 9.80 Å². The van der Waals surface area contributed by atoms with Crippen LogP contribution in [0.4, 0.5) is 0 Å². The van der Waals surface area contributed by atoms with Crippen LogP contribution in [0.5, 0.6) is 0 Å². The van der Waals surface area contributed by atoms with Gasteiger partial charge in [-0.05, 0) is 178 Å². The molecular weight excluding hydrogens is 905 g/mol. The van der Waals surface area contributed by atoms with E-state index < -0.39 is 0 Å². The Labute approximate surface area is 447 Å². The van der Waals surface area contributed by atoms with Crippen molar-refractivity contribution in [2.24, 2.45) is 11.8 Å². The number of rotatable bonds is 12. The van der Waals surface area contributed by atoms with Crippen LogP contribution in [-0.4, -0.2) is 49.6 Å². The van der Waals surface area contributed by atoms with Gasteiger partial charge < -0.3 is 9.80 Å². The lowest BCUT2D eigenvalue weighted by molar-refractivity contribution is 0.0451. The van der Waals surface area contributed by atoms with Gasteiger partial charge in [0.15, 0.2) is 0 Å². The van der Waals surface area contributed by atoms with Gasteiger partial charge in [-0.1, -0.05) is 245 Å². The van der Waals surface area contributed by atoms with Gasteiger partial charge in [-0.2, -0.15) is 0 Å². The average Bonchev–Trinajstić information content (AvgIpc) is 3.48. The molecular formula is C73H72N2. The first-order valence-electron chi connectivity index (χ1n) is 27.9. The van der Waals surface area contributed by atoms with E-state index in [1.807, 2.05) is 0 Å². The quantitative estimate of drug-likeness (QED) is 0.120. The Morgan fingerprint density at radius 2 is 0.640 bits per heavy atom. The van der Waals surface area contributed by atoms with Crippen LogP contribution in [0.2, 0.25) is 0 Å². The molecule has 4 aliphatic heterocycles. The molecule has 75 heavy (non-hydrogen) atoms. The van der Waals surface area contributed by atoms with E-state index in [1.54, 1.807) is 0 Å². The molecule has 2 nitrogen and oxygen atoms in total. The molecule has 4 aliphatic rings. The smallest absolute Gasteiger partial charge is 0.0358 e. The topological polar surface area (TPSA) is 6.48 Å². The van der Waals surface area contributed by atoms with Crippen LogP contribution < -0.4 is 0 Å². The van der Waals surface area contributed by atoms with Crippen molar-refractivity contribution < 1.29 is 0 Å². The average molecular weight is 977 g/mol. The van der Waals surface area contributed by atoms with Crippen LogP contribution in [0.1, 0.15) is 85.8 Å². The van der Waals surface area contributed by atoms with Crippen LogP contribution in [0.25, 0.3) is 66.8 Å². The predicted octanol–water partition coefficient (Wildman–Crippen LogP) is 17.8. The Morgan fingerprint density at radius 1 is 0.360 bits per heavy atom. The van der Waals surface area contributed by atoms with E-state index in [2.05, 4.69) is 263 Å². The van der Waals surface area contributed by atoms with E-state index in [0.29, 0.717) is 17.8 Å². The first-order valence-corrected chi connectivity index (χ1v) is 27.9. The summed E-state index contributed by atoms with van der Waals surface area (Å²) in [6, 6.07) is 83.7. The van der Waals surface area contributed by atoms with Crippen molar-refractivity contribution in [3.05, 3.63) is 252 Å². The number of nitrogens with zero attached hydrogens (tertiary/aromatic N) is 2. The first-order chi connectivity index (χ1) is 36.6. The minimum atomic E-state index is -0.0163. The zero-order chi connectivity index (χ0) is 51.1. The third kappa shape index (κ3) is 9.54. The van der Waals surface area contributed by atoms with Gasteiger partial charge in [0.05, 0.1) is 0 Å². The second-order valence-electron chi connectivity index (χ2n) is 23.0. The maximum atomic E-state index is 2.71. The molecule has 0 aliphatic carbocycles. The van der Waals surface area contributed by atoms with Crippen molar-refractivity contribution in [2.45, 2.75) is 70.1 Å². The van der Waals surface area contributed by atoms with E-state index in [4.69, 9.17) is 0 Å². The molecule has 0 aromatic heterocycles. The van der Waals surface area contributed by atoms with Gasteiger partial charge in [-0.3, -0.25) is 0 Å². The summed E-state index contributed by atoms with van der Waals surface area (Å²) in [4.78, 5) is 5.19. The molecule has 0 spiro atoms. The molecule has 374 valence electrons. The molecule has 0 amide bonds. The largest absolute Gasteiger partial charge is 0.306 e. The Bertz CT molecular complexity index is 3330. The minimum absolute atomic E-state index is 0.0150. The summed E-state index contributed by atoms with van der Waals surface area (Å²) in [5.74, 6) is 1.83. The SMILES string of the molecule is Cc1ccc(-c2ccc(-c3ccc(C4(c5ccc(-c6ccc(-c7ccc(C8(c9ccc(-c%10ccc(-c%11ccc(C(C)C(C)C)cc%11)cc%10)cc9)CN9CCC8CC9)cc7)cc6)cc5)CCN(C)CC4)cc3)cc2)cc1. The molecule has 4 saturated heterocycles. The zero-order valence-electron chi connectivity index (χ0n) is 44.8. The van der Waals surface area contributed by atoms with Gasteiger partial charge in [-0.25, -0.2) is 0 Å². The second-order valence-corrected chi connectivity index (χ2v) is 23.0. The number of hydrogen-bond acceptors (Lipinski definition) is 2. The Hall–Kier alpha value is -7.10. The van der Waals surface area contributed by atoms with Gasteiger partial charge in [0.2, 0.25) is 0 Å². The molecule has 13 rings (SSSR count). The van der Waals surface area contributed by atoms with E-state index in [9.17, 15) is 0 Å². The molecule has 2 unspecified atom stereocenters. The fraction of sp³-hybridized carbons (Fsp3) is 0.260. The van der Waals surface area contributed by atoms with E-state index in [-0.39, 0.29) is 10.8 Å². The highest BCUT2D eigenvalue weighted by Crippen LogP contribution is 2.50. The van der Waals surface area contributed by atoms with Crippen molar-refractivity contribution in [1.29, 1.82) is 0 Å². The fourth-order valence-electron chi connectivity index (χ4n) is 13.2. The molecule has 0 saturated carbocycles. The van der Waals surface area contributed by atoms with Crippen molar-refractivity contribution in [3.63, 3.8) is 0 Å². The highest BCUT2D eigenvalue weighted by atomic mass is 15.2. The monoisotopic (exact) mass is 977 g/mol. The van der Waals surface area contributed by atoms with Gasteiger partial charge >= 0.3 is 0 Å². The van der Waals surface area contributed by atoms with Crippen molar-refractivity contribution in [3.8, 4) is 66.8 Å². The van der Waals surface area contributed by atoms with Crippen molar-refractivity contribution in [2.75, 3.05) is 39.8 Å². The maximum absolute atomic E-state index is 2.71. The Kier molecular flexibility index (Phi) is 13.4. The molecule has 2 bridgehead atoms. The lowest BCUT2D eigenvalue weighted by atomic mass is 9.59. The molecule has 9 aromatic carbocycles. The third-order valence-electron chi connectivity index (χ3n) is 18.4. The lowest BCUT2D eigenvalue weighted by Gasteiger charge is -2.54. The normalized spacial score (nSPS) is 19.8. The van der Waals surface area contributed by atoms with Crippen LogP contribution in [0.15, 0.2) is 218 Å². The standard InChI is InChI=1S/C73H72N2/c1-51(2)53(4)54-10-12-56(13-11-54)58-16-20-61(21-17-58)65-30-38-69(39-31-65)73(50-75-46-42-71(73)43-47-75)70-40-32-66(33-41-70)62-24-22-60(23-25-62)64-28-36-68(37-29-64)72(44-48-74(5)49-45-72)67-34-26-63(27-35-67)59-18-14-57(15-19-59)55-8-6-52(3)7-9-55/h6-41,51,53,71H,42-50H2,1-5H3. The number of likely N-dealkylation sites (tertiary alicyclic amines) is 1. The van der Waals surface area contributed by atoms with E-state index in [1.165, 1.54) is 126 Å². The fourth-order valence-corrected chi connectivity index (χ4v) is 13.2. The number of hydrogen-bond donors (Lipinski definition) is 0. The molecule has 0 N–H and O–H groups in total. The van der Waals surface area contributed by atoms with Crippen LogP contribution >= 0.6 is 0 Å². The number of aryl methyl sites for hydroxylation is 1. The lowest BCUT2D eigenvalue weighted by Crippen LogP contribution is -2.57. The summed E-state index contributed by atoms with van der Waals surface area (Å²) < 4.78 is 0. The summed E-state index contributed by atoms with van der Waals surface area (Å²) in [6.45, 7) is 14.8. The van der Waals surface area contributed by atoms with Crippen LogP contribution in [-0.2, 0) is 10.8 Å². The third-order valence-corrected chi connectivity index (χ3v) is 18.4. The molecule has 4 heterocycles. The summed E-state index contributed by atoms with van der Waals surface area (Å²) in [6.07, 6.45) is 4.72.